The second kappa shape index (κ2) is 6.58. The van der Waals surface area contributed by atoms with Crippen LogP contribution in [0.4, 0.5) is 5.69 Å². The maximum absolute atomic E-state index is 9.27. The van der Waals surface area contributed by atoms with Gasteiger partial charge in [0, 0.05) is 13.1 Å². The third-order valence-corrected chi connectivity index (χ3v) is 3.93. The smallest absolute Gasteiger partial charge is 0.101 e. The van der Waals surface area contributed by atoms with Crippen LogP contribution < -0.4 is 10.2 Å². The Morgan fingerprint density at radius 2 is 2.11 bits per heavy atom. The van der Waals surface area contributed by atoms with Crippen LogP contribution in [0.25, 0.3) is 0 Å². The van der Waals surface area contributed by atoms with Crippen molar-refractivity contribution in [2.24, 2.45) is 5.92 Å². The number of nitrogens with one attached hydrogen (secondary N) is 1. The van der Waals surface area contributed by atoms with Crippen molar-refractivity contribution in [1.29, 1.82) is 5.26 Å². The Bertz CT molecular complexity index is 456. The molecule has 0 radical (unpaired) electrons. The second-order valence-electron chi connectivity index (χ2n) is 5.36. The van der Waals surface area contributed by atoms with E-state index in [0.29, 0.717) is 0 Å². The number of nitrogens with zero attached hydrogens (tertiary/aromatic N) is 2. The Kier molecular flexibility index (Phi) is 4.81. The van der Waals surface area contributed by atoms with E-state index in [0.717, 1.165) is 43.3 Å². The third kappa shape index (κ3) is 3.48. The minimum absolute atomic E-state index is 0.744. The average Bonchev–Trinajstić information content (AvgIpc) is 2.46. The van der Waals surface area contributed by atoms with Gasteiger partial charge in [0.05, 0.1) is 11.3 Å². The summed E-state index contributed by atoms with van der Waals surface area (Å²) in [5.41, 5.74) is 3.11. The van der Waals surface area contributed by atoms with Gasteiger partial charge in [0.1, 0.15) is 6.07 Å². The lowest BCUT2D eigenvalue weighted by Gasteiger charge is -2.31. The zero-order chi connectivity index (χ0) is 13.7. The number of benzene rings is 1. The molecule has 2 rings (SSSR count). The summed E-state index contributed by atoms with van der Waals surface area (Å²) in [4.78, 5) is 2.36. The topological polar surface area (TPSA) is 39.1 Å². The van der Waals surface area contributed by atoms with Crippen LogP contribution in [-0.2, 0) is 0 Å². The van der Waals surface area contributed by atoms with E-state index in [4.69, 9.17) is 0 Å². The Morgan fingerprint density at radius 1 is 1.37 bits per heavy atom. The number of piperidine rings is 1. The Morgan fingerprint density at radius 3 is 2.74 bits per heavy atom. The van der Waals surface area contributed by atoms with E-state index in [1.165, 1.54) is 18.4 Å². The standard InChI is InChI=1S/C16H23N3/c1-3-19(12-14-6-8-18-9-7-14)16-10-13(2)4-5-15(16)11-17/h4-5,10,14,18H,3,6-9,12H2,1-2H3. The molecule has 1 aliphatic heterocycles. The quantitative estimate of drug-likeness (QED) is 0.901. The lowest BCUT2D eigenvalue weighted by molar-refractivity contribution is 0.374. The highest BCUT2D eigenvalue weighted by atomic mass is 15.1. The number of aryl methyl sites for hydroxylation is 1. The molecule has 0 bridgehead atoms. The van der Waals surface area contributed by atoms with Gasteiger partial charge in [-0.2, -0.15) is 5.26 Å². The SMILES string of the molecule is CCN(CC1CCNCC1)c1cc(C)ccc1C#N. The van der Waals surface area contributed by atoms with Crippen molar-refractivity contribution in [3.63, 3.8) is 0 Å². The predicted molar refractivity (Wildman–Crippen MR) is 79.4 cm³/mol. The fraction of sp³-hybridized carbons (Fsp3) is 0.562. The zero-order valence-corrected chi connectivity index (χ0v) is 11.9. The average molecular weight is 257 g/mol. The number of rotatable bonds is 4. The highest BCUT2D eigenvalue weighted by Gasteiger charge is 2.18. The fourth-order valence-corrected chi connectivity index (χ4v) is 2.77. The maximum atomic E-state index is 9.27. The van der Waals surface area contributed by atoms with E-state index in [1.807, 2.05) is 12.1 Å². The van der Waals surface area contributed by atoms with Crippen molar-refractivity contribution in [3.8, 4) is 6.07 Å². The summed E-state index contributed by atoms with van der Waals surface area (Å²) in [5.74, 6) is 0.744. The molecule has 1 heterocycles. The van der Waals surface area contributed by atoms with E-state index in [-0.39, 0.29) is 0 Å². The van der Waals surface area contributed by atoms with Crippen molar-refractivity contribution < 1.29 is 0 Å². The van der Waals surface area contributed by atoms with E-state index < -0.39 is 0 Å². The first-order valence-electron chi connectivity index (χ1n) is 7.21. The molecule has 19 heavy (non-hydrogen) atoms. The summed E-state index contributed by atoms with van der Waals surface area (Å²) >= 11 is 0. The van der Waals surface area contributed by atoms with Crippen molar-refractivity contribution in [1.82, 2.24) is 5.32 Å². The van der Waals surface area contributed by atoms with Crippen LogP contribution in [0.2, 0.25) is 0 Å². The summed E-state index contributed by atoms with van der Waals surface area (Å²) in [5, 5.41) is 12.7. The molecule has 0 atom stereocenters. The molecule has 0 saturated carbocycles. The lowest BCUT2D eigenvalue weighted by Crippen LogP contribution is -2.36. The van der Waals surface area contributed by atoms with Gasteiger partial charge in [0.15, 0.2) is 0 Å². The van der Waals surface area contributed by atoms with Crippen LogP contribution in [-0.4, -0.2) is 26.2 Å². The third-order valence-electron chi connectivity index (χ3n) is 3.93. The molecule has 1 aromatic rings. The molecular weight excluding hydrogens is 234 g/mol. The van der Waals surface area contributed by atoms with E-state index >= 15 is 0 Å². The van der Waals surface area contributed by atoms with Crippen LogP contribution in [0.3, 0.4) is 0 Å². The van der Waals surface area contributed by atoms with Crippen LogP contribution in [0.1, 0.15) is 30.9 Å². The highest BCUT2D eigenvalue weighted by molar-refractivity contribution is 5.60. The van der Waals surface area contributed by atoms with Gasteiger partial charge in [0.25, 0.3) is 0 Å². The van der Waals surface area contributed by atoms with Crippen LogP contribution in [0.15, 0.2) is 18.2 Å². The van der Waals surface area contributed by atoms with Gasteiger partial charge in [-0.25, -0.2) is 0 Å². The summed E-state index contributed by atoms with van der Waals surface area (Å²) in [6.07, 6.45) is 2.48. The van der Waals surface area contributed by atoms with Crippen LogP contribution >= 0.6 is 0 Å². The molecule has 0 spiro atoms. The lowest BCUT2D eigenvalue weighted by atomic mass is 9.97. The van der Waals surface area contributed by atoms with Gasteiger partial charge in [-0.3, -0.25) is 0 Å². The predicted octanol–water partition coefficient (Wildman–Crippen LogP) is 2.69. The Balaban J connectivity index is 2.16. The Labute approximate surface area is 116 Å². The molecule has 1 aliphatic rings. The molecule has 1 saturated heterocycles. The van der Waals surface area contributed by atoms with Crippen LogP contribution in [0.5, 0.6) is 0 Å². The van der Waals surface area contributed by atoms with Gasteiger partial charge in [0.2, 0.25) is 0 Å². The normalized spacial score (nSPS) is 16.1. The molecule has 1 fully saturated rings. The number of hydrogen-bond acceptors (Lipinski definition) is 3. The molecular formula is C16H23N3. The van der Waals surface area contributed by atoms with Crippen molar-refractivity contribution >= 4 is 5.69 Å². The van der Waals surface area contributed by atoms with Gasteiger partial charge in [-0.1, -0.05) is 6.07 Å². The largest absolute Gasteiger partial charge is 0.370 e. The minimum atomic E-state index is 0.744. The van der Waals surface area contributed by atoms with Gasteiger partial charge in [-0.05, 0) is 63.4 Å². The van der Waals surface area contributed by atoms with Gasteiger partial charge in [-0.15, -0.1) is 0 Å². The second-order valence-corrected chi connectivity index (χ2v) is 5.36. The van der Waals surface area contributed by atoms with Crippen molar-refractivity contribution in [2.75, 3.05) is 31.1 Å². The molecule has 1 N–H and O–H groups in total. The maximum Gasteiger partial charge on any atom is 0.101 e. The number of nitriles is 1. The summed E-state index contributed by atoms with van der Waals surface area (Å²) in [7, 11) is 0. The monoisotopic (exact) mass is 257 g/mol. The molecule has 0 aromatic heterocycles. The molecule has 1 aromatic carbocycles. The summed E-state index contributed by atoms with van der Waals surface area (Å²) < 4.78 is 0. The number of anilines is 1. The molecule has 3 heteroatoms. The van der Waals surface area contributed by atoms with Crippen LogP contribution in [0, 0.1) is 24.2 Å². The number of hydrogen-bond donors (Lipinski definition) is 1. The van der Waals surface area contributed by atoms with E-state index in [2.05, 4.69) is 36.2 Å². The minimum Gasteiger partial charge on any atom is -0.370 e. The first-order chi connectivity index (χ1) is 9.24. The van der Waals surface area contributed by atoms with E-state index in [9.17, 15) is 5.26 Å². The summed E-state index contributed by atoms with van der Waals surface area (Å²) in [6, 6.07) is 8.42. The molecule has 102 valence electrons. The molecule has 3 nitrogen and oxygen atoms in total. The molecule has 0 aliphatic carbocycles. The zero-order valence-electron chi connectivity index (χ0n) is 11.9. The molecule has 0 unspecified atom stereocenters. The van der Waals surface area contributed by atoms with Gasteiger partial charge >= 0.3 is 0 Å². The first-order valence-corrected chi connectivity index (χ1v) is 7.21. The highest BCUT2D eigenvalue weighted by Crippen LogP contribution is 2.24. The fourth-order valence-electron chi connectivity index (χ4n) is 2.77. The first kappa shape index (κ1) is 13.9. The van der Waals surface area contributed by atoms with Gasteiger partial charge < -0.3 is 10.2 Å². The van der Waals surface area contributed by atoms with E-state index in [1.54, 1.807) is 0 Å². The summed E-state index contributed by atoms with van der Waals surface area (Å²) in [6.45, 7) is 8.54. The van der Waals surface area contributed by atoms with Crippen molar-refractivity contribution in [3.05, 3.63) is 29.3 Å². The van der Waals surface area contributed by atoms with Crippen molar-refractivity contribution in [2.45, 2.75) is 26.7 Å². The Hall–Kier alpha value is -1.53. The molecule has 0 amide bonds.